The number of amides is 1. The summed E-state index contributed by atoms with van der Waals surface area (Å²) in [4.78, 5) is 23.0. The number of ether oxygens (including phenoxy) is 1. The molecule has 1 aromatic carbocycles. The minimum absolute atomic E-state index is 0.140. The highest BCUT2D eigenvalue weighted by atomic mass is 79.9. The van der Waals surface area contributed by atoms with Crippen molar-refractivity contribution in [3.8, 4) is 0 Å². The van der Waals surface area contributed by atoms with Crippen molar-refractivity contribution in [3.63, 3.8) is 0 Å². The Morgan fingerprint density at radius 3 is 2.74 bits per heavy atom. The van der Waals surface area contributed by atoms with Gasteiger partial charge >= 0.3 is 5.97 Å². The minimum atomic E-state index is -1.41. The highest BCUT2D eigenvalue weighted by molar-refractivity contribution is 9.10. The molecule has 5 nitrogen and oxygen atoms in total. The lowest BCUT2D eigenvalue weighted by atomic mass is 10.2. The van der Waals surface area contributed by atoms with Gasteiger partial charge in [-0.1, -0.05) is 0 Å². The standard InChI is InChI=1S/C12H14BrFN2O3/c1-3-19-12(18)10(15)11(17)16-9-5-7(13)8(14)4-6(9)2/h4-5,10H,3,15H2,1-2H3,(H,16,17). The number of nitrogens with one attached hydrogen (secondary N) is 1. The van der Waals surface area contributed by atoms with Gasteiger partial charge in [0.1, 0.15) is 5.82 Å². The van der Waals surface area contributed by atoms with E-state index in [-0.39, 0.29) is 11.1 Å². The van der Waals surface area contributed by atoms with E-state index in [0.29, 0.717) is 11.3 Å². The van der Waals surface area contributed by atoms with Crippen molar-refractivity contribution >= 4 is 33.5 Å². The molecule has 0 fully saturated rings. The lowest BCUT2D eigenvalue weighted by Gasteiger charge is -2.13. The number of benzene rings is 1. The largest absolute Gasteiger partial charge is 0.464 e. The van der Waals surface area contributed by atoms with Crippen LogP contribution in [0, 0.1) is 12.7 Å². The van der Waals surface area contributed by atoms with Crippen LogP contribution in [0.1, 0.15) is 12.5 Å². The summed E-state index contributed by atoms with van der Waals surface area (Å²) in [6, 6.07) is 1.25. The van der Waals surface area contributed by atoms with Gasteiger partial charge in [0.15, 0.2) is 6.04 Å². The van der Waals surface area contributed by atoms with E-state index in [1.54, 1.807) is 13.8 Å². The van der Waals surface area contributed by atoms with Gasteiger partial charge in [0, 0.05) is 5.69 Å². The van der Waals surface area contributed by atoms with E-state index in [9.17, 15) is 14.0 Å². The van der Waals surface area contributed by atoms with E-state index < -0.39 is 23.7 Å². The molecule has 0 spiro atoms. The van der Waals surface area contributed by atoms with Crippen molar-refractivity contribution in [1.29, 1.82) is 0 Å². The first kappa shape index (κ1) is 15.6. The number of anilines is 1. The van der Waals surface area contributed by atoms with Crippen molar-refractivity contribution in [2.24, 2.45) is 5.73 Å². The van der Waals surface area contributed by atoms with Crippen LogP contribution in [0.3, 0.4) is 0 Å². The minimum Gasteiger partial charge on any atom is -0.464 e. The third-order valence-electron chi connectivity index (χ3n) is 2.35. The summed E-state index contributed by atoms with van der Waals surface area (Å²) in [5, 5.41) is 2.46. The Morgan fingerprint density at radius 1 is 1.53 bits per heavy atom. The molecular weight excluding hydrogens is 319 g/mol. The Hall–Kier alpha value is -1.47. The van der Waals surface area contributed by atoms with Crippen LogP contribution in [-0.2, 0) is 14.3 Å². The van der Waals surface area contributed by atoms with Gasteiger partial charge in [0.25, 0.3) is 5.91 Å². The van der Waals surface area contributed by atoms with E-state index in [0.717, 1.165) is 0 Å². The van der Waals surface area contributed by atoms with Gasteiger partial charge < -0.3 is 15.8 Å². The molecule has 3 N–H and O–H groups in total. The van der Waals surface area contributed by atoms with Crippen molar-refractivity contribution in [3.05, 3.63) is 28.0 Å². The summed E-state index contributed by atoms with van der Waals surface area (Å²) in [7, 11) is 0. The molecule has 1 amide bonds. The molecule has 1 rings (SSSR count). The quantitative estimate of drug-likeness (QED) is 0.649. The second kappa shape index (κ2) is 6.63. The molecule has 0 radical (unpaired) electrons. The maximum absolute atomic E-state index is 13.2. The smallest absolute Gasteiger partial charge is 0.332 e. The molecule has 0 saturated carbocycles. The second-order valence-corrected chi connectivity index (χ2v) is 4.65. The molecule has 19 heavy (non-hydrogen) atoms. The monoisotopic (exact) mass is 332 g/mol. The molecule has 0 heterocycles. The molecule has 1 atom stereocenters. The van der Waals surface area contributed by atoms with E-state index in [1.165, 1.54) is 12.1 Å². The summed E-state index contributed by atoms with van der Waals surface area (Å²) in [5.41, 5.74) is 6.33. The zero-order valence-electron chi connectivity index (χ0n) is 10.5. The topological polar surface area (TPSA) is 81.4 Å². The van der Waals surface area contributed by atoms with Crippen molar-refractivity contribution in [2.45, 2.75) is 19.9 Å². The average Bonchev–Trinajstić information content (AvgIpc) is 2.35. The van der Waals surface area contributed by atoms with Crippen LogP contribution >= 0.6 is 15.9 Å². The molecule has 1 unspecified atom stereocenters. The van der Waals surface area contributed by atoms with Gasteiger partial charge in [-0.05, 0) is 47.5 Å². The summed E-state index contributed by atoms with van der Waals surface area (Å²) < 4.78 is 18.1. The Morgan fingerprint density at radius 2 is 2.16 bits per heavy atom. The highest BCUT2D eigenvalue weighted by Crippen LogP contribution is 2.24. The van der Waals surface area contributed by atoms with Crippen LogP contribution in [0.25, 0.3) is 0 Å². The molecule has 0 aliphatic rings. The molecule has 0 aliphatic heterocycles. The fourth-order valence-corrected chi connectivity index (χ4v) is 1.67. The third-order valence-corrected chi connectivity index (χ3v) is 2.96. The van der Waals surface area contributed by atoms with E-state index in [2.05, 4.69) is 26.0 Å². The average molecular weight is 333 g/mol. The van der Waals surface area contributed by atoms with Gasteiger partial charge in [-0.25, -0.2) is 9.18 Å². The fourth-order valence-electron chi connectivity index (χ4n) is 1.33. The Kier molecular flexibility index (Phi) is 5.44. The molecule has 1 aromatic rings. The van der Waals surface area contributed by atoms with Crippen molar-refractivity contribution in [1.82, 2.24) is 0 Å². The maximum atomic E-state index is 13.2. The van der Waals surface area contributed by atoms with Crippen LogP contribution in [-0.4, -0.2) is 24.5 Å². The number of halogens is 2. The van der Waals surface area contributed by atoms with Gasteiger partial charge in [-0.3, -0.25) is 4.79 Å². The lowest BCUT2D eigenvalue weighted by molar-refractivity contribution is -0.146. The lowest BCUT2D eigenvalue weighted by Crippen LogP contribution is -2.43. The number of hydrogen-bond donors (Lipinski definition) is 2. The van der Waals surface area contributed by atoms with Gasteiger partial charge in [0.2, 0.25) is 0 Å². The number of carbonyl (C=O) groups excluding carboxylic acids is 2. The predicted molar refractivity (Wildman–Crippen MR) is 72.1 cm³/mol. The van der Waals surface area contributed by atoms with Crippen molar-refractivity contribution < 1.29 is 18.7 Å². The van der Waals surface area contributed by atoms with Gasteiger partial charge in [0.05, 0.1) is 11.1 Å². The first-order valence-electron chi connectivity index (χ1n) is 5.55. The Balaban J connectivity index is 2.82. The van der Waals surface area contributed by atoms with Crippen molar-refractivity contribution in [2.75, 3.05) is 11.9 Å². The first-order chi connectivity index (χ1) is 8.86. The summed E-state index contributed by atoms with van der Waals surface area (Å²) in [6.07, 6.45) is 0. The summed E-state index contributed by atoms with van der Waals surface area (Å²) in [5.74, 6) is -1.95. The van der Waals surface area contributed by atoms with Crippen LogP contribution in [0.4, 0.5) is 10.1 Å². The number of carbonyl (C=O) groups is 2. The van der Waals surface area contributed by atoms with Crippen LogP contribution in [0.2, 0.25) is 0 Å². The molecular formula is C12H14BrFN2O3. The summed E-state index contributed by atoms with van der Waals surface area (Å²) >= 11 is 3.01. The Bertz CT molecular complexity index is 508. The molecule has 0 saturated heterocycles. The number of nitrogens with two attached hydrogens (primary N) is 1. The number of rotatable bonds is 4. The maximum Gasteiger partial charge on any atom is 0.332 e. The van der Waals surface area contributed by atoms with E-state index >= 15 is 0 Å². The molecule has 0 aliphatic carbocycles. The number of aryl methyl sites for hydroxylation is 1. The van der Waals surface area contributed by atoms with E-state index in [1.807, 2.05) is 0 Å². The summed E-state index contributed by atoms with van der Waals surface area (Å²) in [6.45, 7) is 3.38. The normalized spacial score (nSPS) is 11.8. The zero-order valence-corrected chi connectivity index (χ0v) is 12.1. The predicted octanol–water partition coefficient (Wildman–Crippen LogP) is 1.73. The molecule has 7 heteroatoms. The van der Waals surface area contributed by atoms with E-state index in [4.69, 9.17) is 5.73 Å². The van der Waals surface area contributed by atoms with Crippen LogP contribution < -0.4 is 11.1 Å². The van der Waals surface area contributed by atoms with Gasteiger partial charge in [-0.15, -0.1) is 0 Å². The Labute approximate surface area is 118 Å². The third kappa shape index (κ3) is 4.00. The number of esters is 1. The molecule has 0 aromatic heterocycles. The zero-order chi connectivity index (χ0) is 14.6. The number of hydrogen-bond acceptors (Lipinski definition) is 4. The van der Waals surface area contributed by atoms with Gasteiger partial charge in [-0.2, -0.15) is 0 Å². The molecule has 104 valence electrons. The second-order valence-electron chi connectivity index (χ2n) is 3.80. The first-order valence-corrected chi connectivity index (χ1v) is 6.34. The highest BCUT2D eigenvalue weighted by Gasteiger charge is 2.24. The molecule has 0 bridgehead atoms. The SMILES string of the molecule is CCOC(=O)C(N)C(=O)Nc1cc(Br)c(F)cc1C. The van der Waals surface area contributed by atoms with Crippen LogP contribution in [0.15, 0.2) is 16.6 Å². The van der Waals surface area contributed by atoms with Crippen LogP contribution in [0.5, 0.6) is 0 Å². The fraction of sp³-hybridized carbons (Fsp3) is 0.333.